The van der Waals surface area contributed by atoms with Gasteiger partial charge in [-0.3, -0.25) is 9.59 Å². The van der Waals surface area contributed by atoms with Gasteiger partial charge in [-0.15, -0.1) is 0 Å². The fourth-order valence-electron chi connectivity index (χ4n) is 5.25. The molecule has 1 fully saturated rings. The van der Waals surface area contributed by atoms with E-state index in [0.29, 0.717) is 56.6 Å². The molecule has 0 unspecified atom stereocenters. The highest BCUT2D eigenvalue weighted by atomic mass is 16.6. The number of carbonyl (C=O) groups excluding carboxylic acids is 6. The fourth-order valence-corrected chi connectivity index (χ4v) is 5.25. The Kier molecular flexibility index (Phi) is 26.0. The van der Waals surface area contributed by atoms with Gasteiger partial charge in [-0.1, -0.05) is 51.7 Å². The molecule has 52 heavy (non-hydrogen) atoms. The summed E-state index contributed by atoms with van der Waals surface area (Å²) in [6.45, 7) is 11.9. The minimum Gasteiger partial charge on any atom is -0.465 e. The Morgan fingerprint density at radius 3 is 1.33 bits per heavy atom. The zero-order valence-corrected chi connectivity index (χ0v) is 31.4. The number of esters is 4. The largest absolute Gasteiger partial charge is 0.465 e. The normalized spacial score (nSPS) is 15.0. The van der Waals surface area contributed by atoms with Crippen LogP contribution in [0.15, 0.2) is 24.3 Å². The van der Waals surface area contributed by atoms with Gasteiger partial charge in [-0.05, 0) is 77.0 Å². The average Bonchev–Trinajstić information content (AvgIpc) is 3.12. The van der Waals surface area contributed by atoms with Crippen molar-refractivity contribution < 1.29 is 57.2 Å². The molecule has 14 nitrogen and oxygen atoms in total. The second-order valence-corrected chi connectivity index (χ2v) is 13.2. The van der Waals surface area contributed by atoms with Crippen LogP contribution in [0, 0.1) is 11.8 Å². The predicted octanol–water partition coefficient (Wildman–Crippen LogP) is 6.25. The number of alkyl carbamates (subject to hydrolysis) is 2. The number of rotatable bonds is 28. The van der Waals surface area contributed by atoms with Gasteiger partial charge >= 0.3 is 36.1 Å². The number of hydrogen-bond donors (Lipinski definition) is 2. The summed E-state index contributed by atoms with van der Waals surface area (Å²) in [4.78, 5) is 70.1. The summed E-state index contributed by atoms with van der Waals surface area (Å²) in [5, 5.41) is 5.45. The first-order valence-electron chi connectivity index (χ1n) is 18.8. The van der Waals surface area contributed by atoms with Crippen LogP contribution in [-0.2, 0) is 47.6 Å². The highest BCUT2D eigenvalue weighted by molar-refractivity contribution is 5.87. The predicted molar refractivity (Wildman–Crippen MR) is 193 cm³/mol. The summed E-state index contributed by atoms with van der Waals surface area (Å²) in [7, 11) is 0. The molecule has 1 aliphatic rings. The molecule has 0 aliphatic heterocycles. The van der Waals surface area contributed by atoms with E-state index in [4.69, 9.17) is 28.4 Å². The first-order valence-corrected chi connectivity index (χ1v) is 18.8. The van der Waals surface area contributed by atoms with Crippen molar-refractivity contribution >= 4 is 36.1 Å². The van der Waals surface area contributed by atoms with Crippen LogP contribution in [0.5, 0.6) is 0 Å². The lowest BCUT2D eigenvalue weighted by Crippen LogP contribution is -2.29. The molecule has 14 heteroatoms. The van der Waals surface area contributed by atoms with Crippen molar-refractivity contribution in [2.75, 3.05) is 52.7 Å². The van der Waals surface area contributed by atoms with Crippen LogP contribution in [0.25, 0.3) is 0 Å². The summed E-state index contributed by atoms with van der Waals surface area (Å²) in [5.74, 6) is -0.847. The molecule has 2 amide bonds. The average molecular weight is 739 g/mol. The maximum atomic E-state index is 12.2. The number of unbranched alkanes of at least 4 members (excludes halogenated alkanes) is 8. The van der Waals surface area contributed by atoms with Gasteiger partial charge in [0, 0.05) is 37.1 Å². The smallest absolute Gasteiger partial charge is 0.407 e. The zero-order chi connectivity index (χ0) is 38.4. The molecular formula is C38H62N2O12. The number of nitrogens with one attached hydrogen (secondary N) is 2. The highest BCUT2D eigenvalue weighted by Crippen LogP contribution is 2.29. The minimum atomic E-state index is -0.550. The van der Waals surface area contributed by atoms with Crippen molar-refractivity contribution in [2.45, 2.75) is 117 Å². The number of ether oxygens (including phenoxy) is 6. The van der Waals surface area contributed by atoms with E-state index in [1.54, 1.807) is 13.8 Å². The van der Waals surface area contributed by atoms with Crippen molar-refractivity contribution in [1.82, 2.24) is 10.6 Å². The molecule has 0 spiro atoms. The molecule has 0 aromatic carbocycles. The van der Waals surface area contributed by atoms with Gasteiger partial charge in [-0.25, -0.2) is 19.2 Å². The van der Waals surface area contributed by atoms with Crippen molar-refractivity contribution in [3.8, 4) is 0 Å². The summed E-state index contributed by atoms with van der Waals surface area (Å²) >= 11 is 0. The SMILES string of the molecule is C=C(C)C(=O)OCCOC(=O)CCCCCCCNC(=O)OCC1CCC(COC(=O)CCCCCCCNC(=O)OCCOC(=O)C(=C)C)CC1. The van der Waals surface area contributed by atoms with E-state index in [1.165, 1.54) is 0 Å². The Morgan fingerprint density at radius 1 is 0.481 bits per heavy atom. The Bertz CT molecular complexity index is 1030. The molecule has 0 aromatic rings. The molecular weight excluding hydrogens is 676 g/mol. The van der Waals surface area contributed by atoms with Crippen LogP contribution in [-0.4, -0.2) is 88.8 Å². The number of amides is 2. The van der Waals surface area contributed by atoms with Gasteiger partial charge in [0.1, 0.15) is 26.4 Å². The summed E-state index contributed by atoms with van der Waals surface area (Å²) in [6, 6.07) is 0. The van der Waals surface area contributed by atoms with Crippen molar-refractivity contribution in [3.05, 3.63) is 24.3 Å². The minimum absolute atomic E-state index is 0.0154. The lowest BCUT2D eigenvalue weighted by molar-refractivity contribution is -0.150. The highest BCUT2D eigenvalue weighted by Gasteiger charge is 2.23. The third kappa shape index (κ3) is 25.8. The summed E-state index contributed by atoms with van der Waals surface area (Å²) < 4.78 is 30.6. The van der Waals surface area contributed by atoms with E-state index in [9.17, 15) is 28.8 Å². The molecule has 1 saturated carbocycles. The van der Waals surface area contributed by atoms with Gasteiger partial charge in [0.15, 0.2) is 0 Å². The summed E-state index contributed by atoms with van der Waals surface area (Å²) in [6.07, 6.45) is 12.2. The van der Waals surface area contributed by atoms with Gasteiger partial charge in [0.2, 0.25) is 0 Å². The number of hydrogen-bond acceptors (Lipinski definition) is 12. The third-order valence-corrected chi connectivity index (χ3v) is 8.38. The molecule has 0 saturated heterocycles. The molecule has 0 bridgehead atoms. The lowest BCUT2D eigenvalue weighted by Gasteiger charge is -2.27. The van der Waals surface area contributed by atoms with Crippen molar-refractivity contribution in [3.63, 3.8) is 0 Å². The van der Waals surface area contributed by atoms with E-state index in [0.717, 1.165) is 89.9 Å². The fraction of sp³-hybridized carbons (Fsp3) is 0.737. The van der Waals surface area contributed by atoms with E-state index in [-0.39, 0.29) is 43.9 Å². The molecule has 296 valence electrons. The molecule has 2 N–H and O–H groups in total. The van der Waals surface area contributed by atoms with Crippen LogP contribution in [0.2, 0.25) is 0 Å². The summed E-state index contributed by atoms with van der Waals surface area (Å²) in [5.41, 5.74) is 0.591. The Labute approximate surface area is 309 Å². The van der Waals surface area contributed by atoms with Crippen LogP contribution in [0.1, 0.15) is 117 Å². The van der Waals surface area contributed by atoms with E-state index in [2.05, 4.69) is 23.8 Å². The van der Waals surface area contributed by atoms with Crippen LogP contribution in [0.4, 0.5) is 9.59 Å². The maximum Gasteiger partial charge on any atom is 0.407 e. The molecule has 0 radical (unpaired) electrons. The first-order chi connectivity index (χ1) is 25.0. The van der Waals surface area contributed by atoms with E-state index < -0.39 is 24.1 Å². The topological polar surface area (TPSA) is 182 Å². The maximum absolute atomic E-state index is 12.2. The lowest BCUT2D eigenvalue weighted by atomic mass is 9.83. The van der Waals surface area contributed by atoms with Gasteiger partial charge in [-0.2, -0.15) is 0 Å². The monoisotopic (exact) mass is 738 g/mol. The van der Waals surface area contributed by atoms with Crippen molar-refractivity contribution in [2.24, 2.45) is 11.8 Å². The molecule has 0 aromatic heterocycles. The Hall–Kier alpha value is -4.10. The van der Waals surface area contributed by atoms with Crippen LogP contribution >= 0.6 is 0 Å². The molecule has 1 rings (SSSR count). The third-order valence-electron chi connectivity index (χ3n) is 8.38. The standard InChI is InChI=1S/C38H62N2O12/c1-29(2)35(43)48-24-23-47-33(41)15-11-7-5-10-14-22-40-38(46)52-28-32-19-17-31(18-20-32)27-51-34(42)16-12-8-6-9-13-21-39-37(45)50-26-25-49-36(44)30(3)4/h31-32H,1,3,5-28H2,2,4H3,(H,39,45)(H,40,46). The van der Waals surface area contributed by atoms with Crippen LogP contribution in [0.3, 0.4) is 0 Å². The Balaban J connectivity index is 1.91. The first kappa shape index (κ1) is 45.9. The van der Waals surface area contributed by atoms with Gasteiger partial charge < -0.3 is 39.1 Å². The van der Waals surface area contributed by atoms with Gasteiger partial charge in [0.05, 0.1) is 13.2 Å². The van der Waals surface area contributed by atoms with E-state index >= 15 is 0 Å². The second-order valence-electron chi connectivity index (χ2n) is 13.2. The van der Waals surface area contributed by atoms with Crippen LogP contribution < -0.4 is 10.6 Å². The zero-order valence-electron chi connectivity index (χ0n) is 31.4. The van der Waals surface area contributed by atoms with Gasteiger partial charge in [0.25, 0.3) is 0 Å². The van der Waals surface area contributed by atoms with Crippen molar-refractivity contribution in [1.29, 1.82) is 0 Å². The molecule has 0 atom stereocenters. The molecule has 0 heterocycles. The molecule has 1 aliphatic carbocycles. The second kappa shape index (κ2) is 29.5. The quantitative estimate of drug-likeness (QED) is 0.0399. The number of carbonyl (C=O) groups is 6. The Morgan fingerprint density at radius 2 is 0.846 bits per heavy atom. The van der Waals surface area contributed by atoms with E-state index in [1.807, 2.05) is 0 Å².